The Morgan fingerprint density at radius 1 is 1.40 bits per heavy atom. The van der Waals surface area contributed by atoms with Gasteiger partial charge < -0.3 is 15.4 Å². The van der Waals surface area contributed by atoms with Crippen LogP contribution in [0.2, 0.25) is 4.34 Å². The van der Waals surface area contributed by atoms with Crippen molar-refractivity contribution in [1.82, 2.24) is 10.6 Å². The predicted molar refractivity (Wildman–Crippen MR) is 84.6 cm³/mol. The number of thiophene rings is 1. The van der Waals surface area contributed by atoms with Gasteiger partial charge in [-0.1, -0.05) is 11.6 Å². The highest BCUT2D eigenvalue weighted by Crippen LogP contribution is 2.26. The summed E-state index contributed by atoms with van der Waals surface area (Å²) >= 11 is 7.49. The highest BCUT2D eigenvalue weighted by Gasteiger charge is 2.15. The van der Waals surface area contributed by atoms with Gasteiger partial charge in [0.1, 0.15) is 5.60 Å². The van der Waals surface area contributed by atoms with E-state index in [4.69, 9.17) is 16.3 Å². The second-order valence-electron chi connectivity index (χ2n) is 5.60. The van der Waals surface area contributed by atoms with Crippen molar-refractivity contribution in [2.24, 2.45) is 0 Å². The average Bonchev–Trinajstić information content (AvgIpc) is 2.73. The van der Waals surface area contributed by atoms with Crippen LogP contribution in [0, 0.1) is 0 Å². The molecule has 0 saturated carbocycles. The number of carbonyl (C=O) groups excluding carboxylic acids is 1. The van der Waals surface area contributed by atoms with Crippen LogP contribution < -0.4 is 10.6 Å². The zero-order chi connectivity index (χ0) is 15.2. The quantitative estimate of drug-likeness (QED) is 0.780. The molecular formula is C14H23ClN2O2S. The molecule has 114 valence electrons. The maximum atomic E-state index is 11.4. The fraction of sp³-hybridized carbons (Fsp3) is 0.643. The fourth-order valence-corrected chi connectivity index (χ4v) is 2.66. The Hall–Kier alpha value is -0.780. The smallest absolute Gasteiger partial charge is 0.407 e. The molecule has 1 atom stereocenters. The number of carbonyl (C=O) groups is 1. The first-order valence-corrected chi connectivity index (χ1v) is 7.93. The van der Waals surface area contributed by atoms with Crippen molar-refractivity contribution in [2.75, 3.05) is 13.1 Å². The zero-order valence-corrected chi connectivity index (χ0v) is 14.0. The van der Waals surface area contributed by atoms with Crippen LogP contribution in [0.5, 0.6) is 0 Å². The van der Waals surface area contributed by atoms with E-state index in [0.717, 1.165) is 17.3 Å². The van der Waals surface area contributed by atoms with Crippen LogP contribution in [0.4, 0.5) is 4.79 Å². The van der Waals surface area contributed by atoms with E-state index >= 15 is 0 Å². The van der Waals surface area contributed by atoms with E-state index in [1.165, 1.54) is 4.88 Å². The maximum absolute atomic E-state index is 11.4. The van der Waals surface area contributed by atoms with E-state index in [0.29, 0.717) is 6.54 Å². The molecule has 1 unspecified atom stereocenters. The number of nitrogens with one attached hydrogen (secondary N) is 2. The van der Waals surface area contributed by atoms with Crippen LogP contribution in [-0.4, -0.2) is 24.8 Å². The monoisotopic (exact) mass is 318 g/mol. The van der Waals surface area contributed by atoms with Gasteiger partial charge in [-0.2, -0.15) is 0 Å². The van der Waals surface area contributed by atoms with Gasteiger partial charge in [-0.15, -0.1) is 11.3 Å². The summed E-state index contributed by atoms with van der Waals surface area (Å²) in [5, 5.41) is 6.13. The van der Waals surface area contributed by atoms with Gasteiger partial charge in [0.2, 0.25) is 0 Å². The molecule has 2 N–H and O–H groups in total. The molecule has 0 aliphatic rings. The van der Waals surface area contributed by atoms with Gasteiger partial charge in [0.05, 0.1) is 4.34 Å². The first-order valence-electron chi connectivity index (χ1n) is 6.73. The molecule has 0 saturated heterocycles. The van der Waals surface area contributed by atoms with Gasteiger partial charge in [0.15, 0.2) is 0 Å². The van der Waals surface area contributed by atoms with Crippen molar-refractivity contribution in [3.63, 3.8) is 0 Å². The lowest BCUT2D eigenvalue weighted by Gasteiger charge is -2.19. The fourth-order valence-electron chi connectivity index (χ4n) is 1.57. The van der Waals surface area contributed by atoms with Crippen molar-refractivity contribution in [2.45, 2.75) is 45.8 Å². The third-order valence-electron chi connectivity index (χ3n) is 2.49. The number of hydrogen-bond acceptors (Lipinski definition) is 4. The lowest BCUT2D eigenvalue weighted by Crippen LogP contribution is -2.34. The summed E-state index contributed by atoms with van der Waals surface area (Å²) in [4.78, 5) is 12.6. The highest BCUT2D eigenvalue weighted by atomic mass is 35.5. The van der Waals surface area contributed by atoms with Crippen molar-refractivity contribution >= 4 is 29.0 Å². The van der Waals surface area contributed by atoms with Gasteiger partial charge in [-0.25, -0.2) is 4.79 Å². The largest absolute Gasteiger partial charge is 0.444 e. The van der Waals surface area contributed by atoms with Crippen LogP contribution in [0.3, 0.4) is 0 Å². The molecule has 1 aromatic rings. The molecule has 0 fully saturated rings. The van der Waals surface area contributed by atoms with Crippen LogP contribution >= 0.6 is 22.9 Å². The zero-order valence-electron chi connectivity index (χ0n) is 12.5. The predicted octanol–water partition coefficient (Wildman–Crippen LogP) is 3.97. The maximum Gasteiger partial charge on any atom is 0.407 e. The van der Waals surface area contributed by atoms with Gasteiger partial charge in [0.25, 0.3) is 0 Å². The minimum atomic E-state index is -0.449. The minimum Gasteiger partial charge on any atom is -0.444 e. The summed E-state index contributed by atoms with van der Waals surface area (Å²) in [6, 6.07) is 4.21. The molecule has 1 heterocycles. The number of ether oxygens (including phenoxy) is 1. The Labute approximate surface area is 129 Å². The summed E-state index contributed by atoms with van der Waals surface area (Å²) in [6.07, 6.45) is 0.485. The Morgan fingerprint density at radius 3 is 2.65 bits per heavy atom. The minimum absolute atomic E-state index is 0.272. The van der Waals surface area contributed by atoms with Crippen molar-refractivity contribution < 1.29 is 9.53 Å². The Balaban J connectivity index is 2.12. The standard InChI is InChI=1S/C14H23ClN2O2S/c1-10(11-6-7-12(15)20-11)16-8-5-9-17-13(18)19-14(2,3)4/h6-7,10,16H,5,8-9H2,1-4H3,(H,17,18). The normalized spacial score (nSPS) is 13.1. The molecular weight excluding hydrogens is 296 g/mol. The summed E-state index contributed by atoms with van der Waals surface area (Å²) < 4.78 is 5.96. The average molecular weight is 319 g/mol. The summed E-state index contributed by atoms with van der Waals surface area (Å²) in [5.41, 5.74) is -0.449. The Bertz CT molecular complexity index is 429. The number of amides is 1. The molecule has 1 aromatic heterocycles. The lowest BCUT2D eigenvalue weighted by molar-refractivity contribution is 0.0527. The van der Waals surface area contributed by atoms with Crippen LogP contribution in [0.15, 0.2) is 12.1 Å². The van der Waals surface area contributed by atoms with Crippen LogP contribution in [0.25, 0.3) is 0 Å². The van der Waals surface area contributed by atoms with E-state index in [1.807, 2.05) is 32.9 Å². The van der Waals surface area contributed by atoms with E-state index in [2.05, 4.69) is 17.6 Å². The molecule has 0 spiro atoms. The van der Waals surface area contributed by atoms with Crippen molar-refractivity contribution in [3.05, 3.63) is 21.3 Å². The van der Waals surface area contributed by atoms with Gasteiger partial charge in [-0.05, 0) is 52.8 Å². The van der Waals surface area contributed by atoms with Gasteiger partial charge in [-0.3, -0.25) is 0 Å². The summed E-state index contributed by atoms with van der Waals surface area (Å²) in [7, 11) is 0. The molecule has 4 nitrogen and oxygen atoms in total. The number of rotatable bonds is 6. The molecule has 0 radical (unpaired) electrons. The molecule has 1 rings (SSSR count). The first-order chi connectivity index (χ1) is 9.28. The first kappa shape index (κ1) is 17.3. The molecule has 0 aliphatic carbocycles. The Morgan fingerprint density at radius 2 is 2.10 bits per heavy atom. The number of hydrogen-bond donors (Lipinski definition) is 2. The van der Waals surface area contributed by atoms with Crippen LogP contribution in [-0.2, 0) is 4.74 Å². The second kappa shape index (κ2) is 7.86. The molecule has 20 heavy (non-hydrogen) atoms. The van der Waals surface area contributed by atoms with Gasteiger partial charge in [0, 0.05) is 17.5 Å². The Kier molecular flexibility index (Phi) is 6.79. The summed E-state index contributed by atoms with van der Waals surface area (Å²) in [6.45, 7) is 9.07. The third-order valence-corrected chi connectivity index (χ3v) is 3.91. The SMILES string of the molecule is CC(NCCCNC(=O)OC(C)(C)C)c1ccc(Cl)s1. The molecule has 6 heteroatoms. The van der Waals surface area contributed by atoms with E-state index in [9.17, 15) is 4.79 Å². The molecule has 0 aliphatic heterocycles. The topological polar surface area (TPSA) is 50.4 Å². The van der Waals surface area contributed by atoms with E-state index < -0.39 is 5.60 Å². The highest BCUT2D eigenvalue weighted by molar-refractivity contribution is 7.16. The third kappa shape index (κ3) is 7.12. The summed E-state index contributed by atoms with van der Waals surface area (Å²) in [5.74, 6) is 0. The van der Waals surface area contributed by atoms with E-state index in [1.54, 1.807) is 11.3 Å². The number of halogens is 1. The molecule has 0 aromatic carbocycles. The van der Waals surface area contributed by atoms with Crippen molar-refractivity contribution in [3.8, 4) is 0 Å². The van der Waals surface area contributed by atoms with E-state index in [-0.39, 0.29) is 12.1 Å². The lowest BCUT2D eigenvalue weighted by atomic mass is 10.2. The molecule has 1 amide bonds. The number of alkyl carbamates (subject to hydrolysis) is 1. The van der Waals surface area contributed by atoms with Crippen molar-refractivity contribution in [1.29, 1.82) is 0 Å². The second-order valence-corrected chi connectivity index (χ2v) is 7.35. The van der Waals surface area contributed by atoms with Crippen LogP contribution in [0.1, 0.15) is 45.0 Å². The molecule has 0 bridgehead atoms. The van der Waals surface area contributed by atoms with Gasteiger partial charge >= 0.3 is 6.09 Å².